The minimum atomic E-state index is 0.523. The van der Waals surface area contributed by atoms with E-state index in [0.717, 1.165) is 21.4 Å². The van der Waals surface area contributed by atoms with Crippen LogP contribution in [0.5, 0.6) is 0 Å². The lowest BCUT2D eigenvalue weighted by Crippen LogP contribution is -1.97. The summed E-state index contributed by atoms with van der Waals surface area (Å²) >= 11 is 3.44. The van der Waals surface area contributed by atoms with E-state index in [0.29, 0.717) is 6.54 Å². The molecule has 2 rings (SSSR count). The predicted molar refractivity (Wildman–Crippen MR) is 59.6 cm³/mol. The summed E-state index contributed by atoms with van der Waals surface area (Å²) in [6, 6.07) is 6.02. The summed E-state index contributed by atoms with van der Waals surface area (Å²) in [4.78, 5) is 7.24. The van der Waals surface area contributed by atoms with Gasteiger partial charge in [-0.2, -0.15) is 0 Å². The maximum atomic E-state index is 5.61. The highest BCUT2D eigenvalue weighted by Gasteiger charge is 2.03. The smallest absolute Gasteiger partial charge is 0.137 e. The van der Waals surface area contributed by atoms with Gasteiger partial charge >= 0.3 is 0 Å². The first kappa shape index (κ1) is 9.43. The third-order valence-electron chi connectivity index (χ3n) is 2.04. The third-order valence-corrected chi connectivity index (χ3v) is 2.81. The average molecular weight is 252 g/mol. The summed E-state index contributed by atoms with van der Waals surface area (Å²) in [6.07, 6.45) is 3.54. The van der Waals surface area contributed by atoms with Gasteiger partial charge < -0.3 is 10.7 Å². The van der Waals surface area contributed by atoms with Gasteiger partial charge in [-0.05, 0) is 17.7 Å². The number of nitrogens with two attached hydrogens (primary N) is 1. The average Bonchev–Trinajstić information content (AvgIpc) is 2.71. The van der Waals surface area contributed by atoms with Crippen LogP contribution in [0.2, 0.25) is 0 Å². The summed E-state index contributed by atoms with van der Waals surface area (Å²) in [5.41, 5.74) is 7.75. The number of aromatic amines is 1. The monoisotopic (exact) mass is 251 g/mol. The summed E-state index contributed by atoms with van der Waals surface area (Å²) in [7, 11) is 0. The summed E-state index contributed by atoms with van der Waals surface area (Å²) in [5.74, 6) is 0.868. The predicted octanol–water partition coefficient (Wildman–Crippen LogP) is 2.30. The number of aromatic nitrogens is 2. The van der Waals surface area contributed by atoms with Gasteiger partial charge in [0.15, 0.2) is 0 Å². The van der Waals surface area contributed by atoms with E-state index in [-0.39, 0.29) is 0 Å². The lowest BCUT2D eigenvalue weighted by Gasteiger charge is -2.03. The highest BCUT2D eigenvalue weighted by Crippen LogP contribution is 2.22. The Balaban J connectivity index is 2.46. The maximum Gasteiger partial charge on any atom is 0.137 e. The molecule has 0 spiro atoms. The quantitative estimate of drug-likeness (QED) is 0.861. The summed E-state index contributed by atoms with van der Waals surface area (Å²) in [6.45, 7) is 0.523. The first-order chi connectivity index (χ1) is 6.81. The molecule has 2 aromatic rings. The standard InChI is InChI=1S/C10H10BrN3/c11-9-2-1-7(5-8(9)6-12)10-13-3-4-14-10/h1-5H,6,12H2,(H,13,14). The molecule has 1 aromatic carbocycles. The van der Waals surface area contributed by atoms with Crippen LogP contribution in [-0.2, 0) is 6.54 Å². The Morgan fingerprint density at radius 2 is 2.29 bits per heavy atom. The molecule has 3 N–H and O–H groups in total. The van der Waals surface area contributed by atoms with Crippen molar-refractivity contribution in [3.8, 4) is 11.4 Å². The van der Waals surface area contributed by atoms with Gasteiger partial charge in [0.1, 0.15) is 5.82 Å². The first-order valence-corrected chi connectivity index (χ1v) is 5.09. The molecule has 1 heterocycles. The van der Waals surface area contributed by atoms with Crippen molar-refractivity contribution in [2.45, 2.75) is 6.54 Å². The molecular weight excluding hydrogens is 242 g/mol. The minimum absolute atomic E-state index is 0.523. The van der Waals surface area contributed by atoms with E-state index < -0.39 is 0 Å². The van der Waals surface area contributed by atoms with Crippen molar-refractivity contribution < 1.29 is 0 Å². The van der Waals surface area contributed by atoms with Crippen LogP contribution in [0.15, 0.2) is 35.1 Å². The van der Waals surface area contributed by atoms with Crippen LogP contribution in [0, 0.1) is 0 Å². The molecule has 0 amide bonds. The van der Waals surface area contributed by atoms with Crippen LogP contribution in [0.4, 0.5) is 0 Å². The second kappa shape index (κ2) is 3.94. The number of benzene rings is 1. The van der Waals surface area contributed by atoms with E-state index in [1.165, 1.54) is 0 Å². The largest absolute Gasteiger partial charge is 0.345 e. The van der Waals surface area contributed by atoms with Crippen molar-refractivity contribution in [3.05, 3.63) is 40.6 Å². The van der Waals surface area contributed by atoms with Crippen LogP contribution in [0.25, 0.3) is 11.4 Å². The normalized spacial score (nSPS) is 10.4. The molecule has 0 saturated carbocycles. The molecule has 0 unspecified atom stereocenters. The van der Waals surface area contributed by atoms with E-state index >= 15 is 0 Å². The van der Waals surface area contributed by atoms with Gasteiger partial charge in [0.2, 0.25) is 0 Å². The lowest BCUT2D eigenvalue weighted by molar-refractivity contribution is 1.06. The Morgan fingerprint density at radius 3 is 2.93 bits per heavy atom. The summed E-state index contributed by atoms with van der Waals surface area (Å²) in [5, 5.41) is 0. The molecule has 0 aliphatic carbocycles. The Labute approximate surface area is 90.5 Å². The van der Waals surface area contributed by atoms with Crippen LogP contribution in [-0.4, -0.2) is 9.97 Å². The van der Waals surface area contributed by atoms with Gasteiger partial charge in [-0.1, -0.05) is 22.0 Å². The first-order valence-electron chi connectivity index (χ1n) is 4.29. The van der Waals surface area contributed by atoms with Crippen molar-refractivity contribution in [1.82, 2.24) is 9.97 Å². The van der Waals surface area contributed by atoms with E-state index in [1.54, 1.807) is 12.4 Å². The van der Waals surface area contributed by atoms with Gasteiger partial charge in [-0.25, -0.2) is 4.98 Å². The Kier molecular flexibility index (Phi) is 2.65. The molecular formula is C10H10BrN3. The van der Waals surface area contributed by atoms with Gasteiger partial charge in [0.25, 0.3) is 0 Å². The number of hydrogen-bond acceptors (Lipinski definition) is 2. The molecule has 0 radical (unpaired) electrons. The second-order valence-electron chi connectivity index (χ2n) is 2.95. The number of hydrogen-bond donors (Lipinski definition) is 2. The molecule has 72 valence electrons. The number of nitrogens with one attached hydrogen (secondary N) is 1. The van der Waals surface area contributed by atoms with Crippen molar-refractivity contribution >= 4 is 15.9 Å². The Bertz CT molecular complexity index is 423. The second-order valence-corrected chi connectivity index (χ2v) is 3.80. The van der Waals surface area contributed by atoms with E-state index in [2.05, 4.69) is 25.9 Å². The zero-order valence-corrected chi connectivity index (χ0v) is 9.08. The zero-order chi connectivity index (χ0) is 9.97. The summed E-state index contributed by atoms with van der Waals surface area (Å²) < 4.78 is 1.04. The molecule has 4 heteroatoms. The van der Waals surface area contributed by atoms with Crippen LogP contribution in [0.1, 0.15) is 5.56 Å². The topological polar surface area (TPSA) is 54.7 Å². The Hall–Kier alpha value is -1.13. The highest BCUT2D eigenvalue weighted by molar-refractivity contribution is 9.10. The van der Waals surface area contributed by atoms with Crippen LogP contribution in [0.3, 0.4) is 0 Å². The molecule has 0 saturated heterocycles. The Morgan fingerprint density at radius 1 is 1.43 bits per heavy atom. The van der Waals surface area contributed by atoms with E-state index in [9.17, 15) is 0 Å². The number of halogens is 1. The maximum absolute atomic E-state index is 5.61. The minimum Gasteiger partial charge on any atom is -0.345 e. The molecule has 0 bridgehead atoms. The zero-order valence-electron chi connectivity index (χ0n) is 7.50. The number of imidazole rings is 1. The van der Waals surface area contributed by atoms with Gasteiger partial charge in [0.05, 0.1) is 0 Å². The highest BCUT2D eigenvalue weighted by atomic mass is 79.9. The van der Waals surface area contributed by atoms with Gasteiger partial charge in [-0.15, -0.1) is 0 Å². The molecule has 0 aliphatic heterocycles. The van der Waals surface area contributed by atoms with Gasteiger partial charge in [0, 0.05) is 29.0 Å². The number of nitrogens with zero attached hydrogens (tertiary/aromatic N) is 1. The molecule has 1 aromatic heterocycles. The molecule has 0 aliphatic rings. The van der Waals surface area contributed by atoms with E-state index in [4.69, 9.17) is 5.73 Å². The van der Waals surface area contributed by atoms with Gasteiger partial charge in [-0.3, -0.25) is 0 Å². The van der Waals surface area contributed by atoms with E-state index in [1.807, 2.05) is 18.2 Å². The lowest BCUT2D eigenvalue weighted by atomic mass is 10.1. The fraction of sp³-hybridized carbons (Fsp3) is 0.100. The van der Waals surface area contributed by atoms with Crippen LogP contribution >= 0.6 is 15.9 Å². The fourth-order valence-corrected chi connectivity index (χ4v) is 1.71. The van der Waals surface area contributed by atoms with Crippen LogP contribution < -0.4 is 5.73 Å². The van der Waals surface area contributed by atoms with Crippen molar-refractivity contribution in [1.29, 1.82) is 0 Å². The third kappa shape index (κ3) is 1.71. The number of rotatable bonds is 2. The van der Waals surface area contributed by atoms with Crippen molar-refractivity contribution in [3.63, 3.8) is 0 Å². The molecule has 0 fully saturated rings. The number of H-pyrrole nitrogens is 1. The molecule has 14 heavy (non-hydrogen) atoms. The fourth-order valence-electron chi connectivity index (χ4n) is 1.30. The van der Waals surface area contributed by atoms with Crippen molar-refractivity contribution in [2.75, 3.05) is 0 Å². The van der Waals surface area contributed by atoms with Crippen molar-refractivity contribution in [2.24, 2.45) is 5.73 Å². The molecule has 0 atom stereocenters. The molecule has 3 nitrogen and oxygen atoms in total. The SMILES string of the molecule is NCc1cc(-c2ncc[nH]2)ccc1Br.